The van der Waals surface area contributed by atoms with E-state index in [9.17, 15) is 26.0 Å². The van der Waals surface area contributed by atoms with Gasteiger partial charge >= 0.3 is 16.1 Å². The quantitative estimate of drug-likeness (QED) is 0.336. The predicted molar refractivity (Wildman–Crippen MR) is 104 cm³/mol. The summed E-state index contributed by atoms with van der Waals surface area (Å²) in [6.45, 7) is 1.16. The zero-order chi connectivity index (χ0) is 22.7. The molecule has 0 aliphatic carbocycles. The Morgan fingerprint density at radius 3 is 2.33 bits per heavy atom. The Balaban J connectivity index is 2.43. The first kappa shape index (κ1) is 23.0. The van der Waals surface area contributed by atoms with Crippen LogP contribution in [-0.2, 0) is 24.7 Å². The second-order valence-electron chi connectivity index (χ2n) is 5.86. The largest absolute Gasteiger partial charge is 0.477 e. The lowest BCUT2D eigenvalue weighted by Gasteiger charge is -2.14. The van der Waals surface area contributed by atoms with Crippen LogP contribution >= 0.6 is 0 Å². The molecule has 0 radical (unpaired) electrons. The van der Waals surface area contributed by atoms with Gasteiger partial charge in [0.15, 0.2) is 20.6 Å². The molecule has 0 saturated carbocycles. The van der Waals surface area contributed by atoms with Gasteiger partial charge in [0.25, 0.3) is 0 Å². The van der Waals surface area contributed by atoms with Crippen LogP contribution in [0.5, 0.6) is 17.2 Å². The molecule has 0 bridgehead atoms. The summed E-state index contributed by atoms with van der Waals surface area (Å²) < 4.78 is 70.7. The lowest BCUT2D eigenvalue weighted by atomic mass is 10.2. The first-order chi connectivity index (χ1) is 13.8. The van der Waals surface area contributed by atoms with Crippen LogP contribution in [0.2, 0.25) is 0 Å². The maximum absolute atomic E-state index is 14.9. The van der Waals surface area contributed by atoms with Crippen molar-refractivity contribution in [2.75, 3.05) is 17.9 Å². The predicted octanol–water partition coefficient (Wildman–Crippen LogP) is 1.63. The Morgan fingerprint density at radius 2 is 1.83 bits per heavy atom. The number of aliphatic carboxylic acids is 1. The zero-order valence-electron chi connectivity index (χ0n) is 15.8. The number of carboxylic acid groups (broad SMARTS) is 1. The second kappa shape index (κ2) is 8.62. The van der Waals surface area contributed by atoms with Gasteiger partial charge in [-0.3, -0.25) is 5.43 Å². The molecule has 2 N–H and O–H groups in total. The summed E-state index contributed by atoms with van der Waals surface area (Å²) >= 11 is 0. The number of anilines is 1. The van der Waals surface area contributed by atoms with Crippen molar-refractivity contribution in [1.82, 2.24) is 4.98 Å². The van der Waals surface area contributed by atoms with Crippen LogP contribution < -0.4 is 14.3 Å². The van der Waals surface area contributed by atoms with Gasteiger partial charge in [0.2, 0.25) is 11.6 Å². The van der Waals surface area contributed by atoms with Gasteiger partial charge in [-0.15, -0.1) is 0 Å². The molecule has 0 aliphatic rings. The van der Waals surface area contributed by atoms with E-state index in [1.807, 2.05) is 0 Å². The van der Waals surface area contributed by atoms with Gasteiger partial charge in [-0.2, -0.15) is 17.9 Å². The molecule has 0 spiro atoms. The van der Waals surface area contributed by atoms with Gasteiger partial charge in [-0.05, 0) is 31.2 Å². The molecule has 1 heterocycles. The van der Waals surface area contributed by atoms with Crippen molar-refractivity contribution >= 4 is 37.3 Å². The summed E-state index contributed by atoms with van der Waals surface area (Å²) in [7, 11) is -7.71. The van der Waals surface area contributed by atoms with Crippen LogP contribution in [0.1, 0.15) is 6.92 Å². The molecule has 0 aliphatic heterocycles. The van der Waals surface area contributed by atoms with E-state index in [1.165, 1.54) is 6.07 Å². The van der Waals surface area contributed by atoms with E-state index in [4.69, 9.17) is 9.84 Å². The van der Waals surface area contributed by atoms with E-state index in [0.29, 0.717) is 6.26 Å². The molecule has 2 aromatic rings. The molecule has 0 fully saturated rings. The second-order valence-corrected chi connectivity index (χ2v) is 9.40. The zero-order valence-corrected chi connectivity index (χ0v) is 17.4. The fourth-order valence-electron chi connectivity index (χ4n) is 1.90. The number of hydrogen-bond donors (Lipinski definition) is 2. The summed E-state index contributed by atoms with van der Waals surface area (Å²) in [6.07, 6.45) is 2.69. The van der Waals surface area contributed by atoms with E-state index < -0.39 is 43.2 Å². The number of carboxylic acids is 1. The molecular weight excluding hydrogens is 445 g/mol. The lowest BCUT2D eigenvalue weighted by Crippen LogP contribution is -2.12. The Morgan fingerprint density at radius 1 is 1.17 bits per heavy atom. The fourth-order valence-corrected chi connectivity index (χ4v) is 2.93. The molecule has 2 rings (SSSR count). The molecule has 30 heavy (non-hydrogen) atoms. The van der Waals surface area contributed by atoms with E-state index in [-0.39, 0.29) is 22.2 Å². The summed E-state index contributed by atoms with van der Waals surface area (Å²) in [6, 6.07) is 4.63. The minimum atomic E-state index is -4.17. The molecule has 0 atom stereocenters. The van der Waals surface area contributed by atoms with Gasteiger partial charge in [-0.1, -0.05) is 0 Å². The number of rotatable bonds is 8. The highest BCUT2D eigenvalue weighted by Gasteiger charge is 2.21. The highest BCUT2D eigenvalue weighted by atomic mass is 32.2. The number of nitrogens with one attached hydrogen (secondary N) is 1. The third-order valence-electron chi connectivity index (χ3n) is 3.27. The van der Waals surface area contributed by atoms with E-state index in [0.717, 1.165) is 37.6 Å². The van der Waals surface area contributed by atoms with E-state index >= 15 is 0 Å². The van der Waals surface area contributed by atoms with E-state index in [1.54, 1.807) is 0 Å². The molecular formula is C16H16FN3O8S2. The number of nitrogens with zero attached hydrogens (tertiary/aromatic N) is 2. The SMILES string of the molecule is CC(=NNc1ccc(Oc2ccc(S(C)(=O)=O)nc2)c(F)c1OS(C)(=O)=O)C(=O)O. The van der Waals surface area contributed by atoms with Gasteiger partial charge < -0.3 is 14.0 Å². The topological polar surface area (TPSA) is 161 Å². The summed E-state index contributed by atoms with van der Waals surface area (Å²) in [5.74, 6) is -3.89. The Labute approximate surface area is 171 Å². The molecule has 162 valence electrons. The molecule has 1 aromatic heterocycles. The van der Waals surface area contributed by atoms with Gasteiger partial charge in [0, 0.05) is 6.26 Å². The number of ether oxygens (including phenoxy) is 1. The van der Waals surface area contributed by atoms with E-state index in [2.05, 4.69) is 19.7 Å². The molecule has 0 amide bonds. The summed E-state index contributed by atoms with van der Waals surface area (Å²) in [5.41, 5.74) is 1.56. The van der Waals surface area contributed by atoms with Crippen LogP contribution in [0, 0.1) is 5.82 Å². The van der Waals surface area contributed by atoms with Crippen molar-refractivity contribution in [3.8, 4) is 17.2 Å². The smallest absolute Gasteiger partial charge is 0.351 e. The number of halogens is 1. The van der Waals surface area contributed by atoms with Crippen LogP contribution in [0.4, 0.5) is 10.1 Å². The van der Waals surface area contributed by atoms with Crippen molar-refractivity contribution < 1.29 is 40.0 Å². The minimum Gasteiger partial charge on any atom is -0.477 e. The van der Waals surface area contributed by atoms with Gasteiger partial charge in [-0.25, -0.2) is 18.2 Å². The van der Waals surface area contributed by atoms with Crippen molar-refractivity contribution in [2.45, 2.75) is 11.9 Å². The van der Waals surface area contributed by atoms with Crippen LogP contribution in [0.3, 0.4) is 0 Å². The minimum absolute atomic E-state index is 0.0351. The monoisotopic (exact) mass is 461 g/mol. The Bertz CT molecular complexity index is 1210. The number of benzene rings is 1. The molecule has 0 unspecified atom stereocenters. The number of hydrogen-bond acceptors (Lipinski definition) is 10. The standard InChI is InChI=1S/C16H16FN3O8S2/c1-9(16(21)22)19-20-11-5-6-12(14(17)15(11)28-30(3,25)26)27-10-4-7-13(18-8-10)29(2,23)24/h4-8,20H,1-3H3,(H,21,22). The third kappa shape index (κ3) is 6.12. The fraction of sp³-hybridized carbons (Fsp3) is 0.188. The van der Waals surface area contributed by atoms with Gasteiger partial charge in [0.1, 0.15) is 17.1 Å². The average Bonchev–Trinajstić information content (AvgIpc) is 2.62. The number of aromatic nitrogens is 1. The normalized spacial score (nSPS) is 12.3. The molecule has 0 saturated heterocycles. The highest BCUT2D eigenvalue weighted by molar-refractivity contribution is 7.90. The van der Waals surface area contributed by atoms with Crippen molar-refractivity contribution in [2.24, 2.45) is 5.10 Å². The maximum Gasteiger partial charge on any atom is 0.351 e. The number of sulfone groups is 1. The maximum atomic E-state index is 14.9. The number of carbonyl (C=O) groups is 1. The Kier molecular flexibility index (Phi) is 6.62. The summed E-state index contributed by atoms with van der Waals surface area (Å²) in [5, 5.41) is 12.1. The van der Waals surface area contributed by atoms with Crippen molar-refractivity contribution in [3.05, 3.63) is 36.3 Å². The van der Waals surface area contributed by atoms with Crippen molar-refractivity contribution in [3.63, 3.8) is 0 Å². The van der Waals surface area contributed by atoms with Crippen LogP contribution in [-0.4, -0.2) is 51.1 Å². The number of hydrazone groups is 1. The molecule has 14 heteroatoms. The molecule has 1 aromatic carbocycles. The lowest BCUT2D eigenvalue weighted by molar-refractivity contribution is -0.129. The highest BCUT2D eigenvalue weighted by Crippen LogP contribution is 2.37. The number of pyridine rings is 1. The third-order valence-corrected chi connectivity index (χ3v) is 4.74. The van der Waals surface area contributed by atoms with Crippen molar-refractivity contribution in [1.29, 1.82) is 0 Å². The molecule has 11 nitrogen and oxygen atoms in total. The Hall–Kier alpha value is -3.26. The average molecular weight is 461 g/mol. The van der Waals surface area contributed by atoms with Gasteiger partial charge in [0.05, 0.1) is 12.5 Å². The first-order valence-electron chi connectivity index (χ1n) is 7.87. The summed E-state index contributed by atoms with van der Waals surface area (Å²) in [4.78, 5) is 14.5. The first-order valence-corrected chi connectivity index (χ1v) is 11.6. The van der Waals surface area contributed by atoms with Crippen LogP contribution in [0.15, 0.2) is 40.6 Å². The van der Waals surface area contributed by atoms with Crippen LogP contribution in [0.25, 0.3) is 0 Å².